The highest BCUT2D eigenvalue weighted by Gasteiger charge is 2.34. The molecule has 8 nitrogen and oxygen atoms in total. The molecule has 5 rings (SSSR count). The first-order chi connectivity index (χ1) is 16.8. The lowest BCUT2D eigenvalue weighted by Gasteiger charge is -2.21. The van der Waals surface area contributed by atoms with Crippen LogP contribution in [-0.4, -0.2) is 44.6 Å². The third-order valence-corrected chi connectivity index (χ3v) is 6.11. The van der Waals surface area contributed by atoms with E-state index in [4.69, 9.17) is 4.74 Å². The molecule has 35 heavy (non-hydrogen) atoms. The second-order valence-electron chi connectivity index (χ2n) is 8.21. The van der Waals surface area contributed by atoms with Crippen LogP contribution in [0.4, 0.5) is 18.9 Å². The minimum atomic E-state index is -4.54. The maximum Gasteiger partial charge on any atom is 0.434 e. The van der Waals surface area contributed by atoms with Crippen LogP contribution in [-0.2, 0) is 17.4 Å². The molecule has 1 aliphatic rings. The third-order valence-electron chi connectivity index (χ3n) is 6.11. The van der Waals surface area contributed by atoms with Crippen molar-refractivity contribution in [1.82, 2.24) is 24.5 Å². The van der Waals surface area contributed by atoms with Gasteiger partial charge in [-0.2, -0.15) is 13.2 Å². The van der Waals surface area contributed by atoms with Crippen molar-refractivity contribution in [3.8, 4) is 22.7 Å². The van der Waals surface area contributed by atoms with Crippen LogP contribution < -0.4 is 9.64 Å². The maximum absolute atomic E-state index is 13.2. The fraction of sp³-hybridized carbons (Fsp3) is 0.250. The maximum atomic E-state index is 13.2. The van der Waals surface area contributed by atoms with Gasteiger partial charge in [0.2, 0.25) is 0 Å². The smallest absolute Gasteiger partial charge is 0.434 e. The zero-order valence-corrected chi connectivity index (χ0v) is 18.9. The number of nitrogens with zero attached hydrogens (tertiary/aromatic N) is 6. The van der Waals surface area contributed by atoms with Crippen molar-refractivity contribution in [1.29, 1.82) is 0 Å². The van der Waals surface area contributed by atoms with Crippen molar-refractivity contribution in [3.63, 3.8) is 0 Å². The number of ether oxygens (including phenoxy) is 1. The summed E-state index contributed by atoms with van der Waals surface area (Å²) in [5.74, 6) is 0.254. The second kappa shape index (κ2) is 8.57. The number of methoxy groups -OCH3 is 1. The van der Waals surface area contributed by atoms with E-state index in [1.807, 2.05) is 24.3 Å². The number of likely N-dealkylation sites (N-methyl/N-ethyl adjacent to an activating group) is 1. The Morgan fingerprint density at radius 2 is 1.89 bits per heavy atom. The molecule has 0 radical (unpaired) electrons. The van der Waals surface area contributed by atoms with Crippen LogP contribution in [0.2, 0.25) is 0 Å². The number of aromatic nitrogens is 5. The van der Waals surface area contributed by atoms with Gasteiger partial charge in [0.05, 0.1) is 25.3 Å². The van der Waals surface area contributed by atoms with Crippen molar-refractivity contribution in [2.24, 2.45) is 0 Å². The van der Waals surface area contributed by atoms with Gasteiger partial charge in [-0.25, -0.2) is 9.67 Å². The second-order valence-corrected chi connectivity index (χ2v) is 8.21. The lowest BCUT2D eigenvalue weighted by atomic mass is 10.1. The lowest BCUT2D eigenvalue weighted by Crippen LogP contribution is -2.33. The van der Waals surface area contributed by atoms with E-state index in [1.54, 1.807) is 41.0 Å². The van der Waals surface area contributed by atoms with Crippen molar-refractivity contribution < 1.29 is 22.7 Å². The van der Waals surface area contributed by atoms with E-state index in [0.29, 0.717) is 29.1 Å². The molecule has 1 unspecified atom stereocenters. The van der Waals surface area contributed by atoms with Gasteiger partial charge in [0.25, 0.3) is 5.91 Å². The van der Waals surface area contributed by atoms with Crippen molar-refractivity contribution >= 4 is 11.6 Å². The molecule has 1 aliphatic heterocycles. The number of carbonyl (C=O) groups is 1. The predicted molar refractivity (Wildman–Crippen MR) is 121 cm³/mol. The first kappa shape index (κ1) is 22.6. The van der Waals surface area contributed by atoms with Crippen LogP contribution in [0.15, 0.2) is 61.2 Å². The van der Waals surface area contributed by atoms with Gasteiger partial charge in [0, 0.05) is 24.5 Å². The Balaban J connectivity index is 1.43. The van der Waals surface area contributed by atoms with Gasteiger partial charge in [-0.05, 0) is 36.6 Å². The largest absolute Gasteiger partial charge is 0.495 e. The van der Waals surface area contributed by atoms with Crippen molar-refractivity contribution in [2.75, 3.05) is 19.1 Å². The Morgan fingerprint density at radius 3 is 2.63 bits per heavy atom. The summed E-state index contributed by atoms with van der Waals surface area (Å²) in [5.41, 5.74) is 2.53. The summed E-state index contributed by atoms with van der Waals surface area (Å²) in [6.07, 6.45) is 0.442. The minimum Gasteiger partial charge on any atom is -0.495 e. The zero-order valence-electron chi connectivity index (χ0n) is 18.9. The van der Waals surface area contributed by atoms with Gasteiger partial charge >= 0.3 is 6.18 Å². The number of rotatable bonds is 4. The van der Waals surface area contributed by atoms with Crippen LogP contribution in [0, 0.1) is 0 Å². The summed E-state index contributed by atoms with van der Waals surface area (Å²) < 4.78 is 47.1. The number of aryl methyl sites for hydroxylation is 1. The van der Waals surface area contributed by atoms with E-state index in [0.717, 1.165) is 30.2 Å². The van der Waals surface area contributed by atoms with E-state index in [-0.39, 0.29) is 5.91 Å². The molecular formula is C24H21F3N6O2. The zero-order chi connectivity index (χ0) is 24.7. The molecule has 180 valence electrons. The van der Waals surface area contributed by atoms with Crippen LogP contribution in [0.1, 0.15) is 23.7 Å². The molecule has 0 fully saturated rings. The fourth-order valence-electron chi connectivity index (χ4n) is 4.27. The van der Waals surface area contributed by atoms with Crippen LogP contribution in [0.3, 0.4) is 0 Å². The fourth-order valence-corrected chi connectivity index (χ4v) is 4.27. The molecule has 0 N–H and O–H groups in total. The van der Waals surface area contributed by atoms with Crippen LogP contribution in [0.25, 0.3) is 16.9 Å². The summed E-state index contributed by atoms with van der Waals surface area (Å²) >= 11 is 0. The molecule has 1 atom stereocenters. The number of anilines is 1. The summed E-state index contributed by atoms with van der Waals surface area (Å²) in [6.45, 7) is 0. The molecule has 1 amide bonds. The molecule has 4 aromatic rings. The molecular weight excluding hydrogens is 461 g/mol. The number of benzene rings is 2. The molecule has 11 heteroatoms. The van der Waals surface area contributed by atoms with Gasteiger partial charge in [-0.1, -0.05) is 29.5 Å². The average Bonchev–Trinajstić information content (AvgIpc) is 3.52. The van der Waals surface area contributed by atoms with Gasteiger partial charge in [-0.15, -0.1) is 5.10 Å². The number of imidazole rings is 1. The number of para-hydroxylation sites is 1. The first-order valence-corrected chi connectivity index (χ1v) is 10.8. The van der Waals surface area contributed by atoms with E-state index < -0.39 is 17.9 Å². The highest BCUT2D eigenvalue weighted by molar-refractivity contribution is 5.97. The summed E-state index contributed by atoms with van der Waals surface area (Å²) in [4.78, 5) is 18.2. The summed E-state index contributed by atoms with van der Waals surface area (Å²) in [7, 11) is 3.18. The standard InChI is InChI=1S/C24H21F3N6O2/c1-31-18-6-4-3-5-15(18)7-10-20(23(31)34)33-12-17(29-30-33)16-8-9-19(21(11-16)35-2)32-13-22(28-14-32)24(25,26)27/h3-6,8-9,11-14,20H,7,10H2,1-2H3. The topological polar surface area (TPSA) is 78.1 Å². The lowest BCUT2D eigenvalue weighted by molar-refractivity contribution is -0.140. The Morgan fingerprint density at radius 1 is 1.09 bits per heavy atom. The van der Waals surface area contributed by atoms with E-state index in [2.05, 4.69) is 15.3 Å². The third kappa shape index (κ3) is 4.13. The van der Waals surface area contributed by atoms with E-state index in [1.165, 1.54) is 11.7 Å². The summed E-state index contributed by atoms with van der Waals surface area (Å²) in [6, 6.07) is 12.3. The van der Waals surface area contributed by atoms with Gasteiger partial charge in [0.1, 0.15) is 17.5 Å². The molecule has 2 aromatic carbocycles. The highest BCUT2D eigenvalue weighted by atomic mass is 19.4. The number of hydrogen-bond acceptors (Lipinski definition) is 5. The number of amides is 1. The van der Waals surface area contributed by atoms with Crippen molar-refractivity contribution in [2.45, 2.75) is 25.1 Å². The number of hydrogen-bond donors (Lipinski definition) is 0. The summed E-state index contributed by atoms with van der Waals surface area (Å²) in [5, 5.41) is 8.44. The van der Waals surface area contributed by atoms with Gasteiger partial charge in [-0.3, -0.25) is 4.79 Å². The minimum absolute atomic E-state index is 0.0834. The number of alkyl halides is 3. The van der Waals surface area contributed by atoms with E-state index >= 15 is 0 Å². The van der Waals surface area contributed by atoms with Crippen LogP contribution in [0.5, 0.6) is 5.75 Å². The van der Waals surface area contributed by atoms with Gasteiger partial charge in [0.15, 0.2) is 5.69 Å². The molecule has 3 heterocycles. The SMILES string of the molecule is COc1cc(-c2cn(C3CCc4ccccc4N(C)C3=O)nn2)ccc1-n1cnc(C(F)(F)F)c1. The normalized spacial score (nSPS) is 16.2. The van der Waals surface area contributed by atoms with Crippen molar-refractivity contribution in [3.05, 3.63) is 72.4 Å². The highest BCUT2D eigenvalue weighted by Crippen LogP contribution is 2.33. The predicted octanol–water partition coefficient (Wildman–Crippen LogP) is 4.31. The molecule has 0 saturated heterocycles. The number of carbonyl (C=O) groups excluding carboxylic acids is 1. The first-order valence-electron chi connectivity index (χ1n) is 10.8. The van der Waals surface area contributed by atoms with E-state index in [9.17, 15) is 18.0 Å². The Hall–Kier alpha value is -4.15. The van der Waals surface area contributed by atoms with Crippen LogP contribution >= 0.6 is 0 Å². The average molecular weight is 482 g/mol. The Kier molecular flexibility index (Phi) is 5.54. The Bertz CT molecular complexity index is 1390. The molecule has 0 bridgehead atoms. The molecule has 2 aromatic heterocycles. The quantitative estimate of drug-likeness (QED) is 0.433. The molecule has 0 saturated carbocycles. The molecule has 0 aliphatic carbocycles. The molecule has 0 spiro atoms. The Labute approximate surface area is 198 Å². The van der Waals surface area contributed by atoms with Gasteiger partial charge < -0.3 is 14.2 Å². The number of halogens is 3. The monoisotopic (exact) mass is 482 g/mol. The number of fused-ring (bicyclic) bond motifs is 1.